The molecule has 0 atom stereocenters. The summed E-state index contributed by atoms with van der Waals surface area (Å²) in [6.45, 7) is 16.6. The van der Waals surface area contributed by atoms with E-state index >= 15 is 0 Å². The van der Waals surface area contributed by atoms with Gasteiger partial charge < -0.3 is 20.3 Å². The summed E-state index contributed by atoms with van der Waals surface area (Å²) < 4.78 is 5.68. The van der Waals surface area contributed by atoms with Crippen LogP contribution in [0.2, 0.25) is 0 Å². The highest BCUT2D eigenvalue weighted by atomic mass is 32.1. The van der Waals surface area contributed by atoms with Crippen molar-refractivity contribution in [3.8, 4) is 0 Å². The number of rotatable bonds is 9. The van der Waals surface area contributed by atoms with Gasteiger partial charge in [-0.2, -0.15) is 0 Å². The van der Waals surface area contributed by atoms with Crippen LogP contribution in [0.3, 0.4) is 0 Å². The van der Waals surface area contributed by atoms with E-state index < -0.39 is 0 Å². The number of aliphatic imine (C=N–C) groups is 1. The minimum atomic E-state index is 0.0658. The van der Waals surface area contributed by atoms with E-state index in [1.807, 2.05) is 11.3 Å². The number of guanidine groups is 1. The minimum absolute atomic E-state index is 0.0658. The molecular weight excluding hydrogens is 356 g/mol. The van der Waals surface area contributed by atoms with Gasteiger partial charge in [0.05, 0.1) is 19.3 Å². The third-order valence-electron chi connectivity index (χ3n) is 4.95. The van der Waals surface area contributed by atoms with E-state index in [9.17, 15) is 0 Å². The lowest BCUT2D eigenvalue weighted by atomic mass is 9.92. The molecule has 1 aromatic heterocycles. The van der Waals surface area contributed by atoms with Gasteiger partial charge >= 0.3 is 0 Å². The van der Waals surface area contributed by atoms with Gasteiger partial charge in [-0.25, -0.2) is 0 Å². The second kappa shape index (κ2) is 11.0. The molecule has 0 aliphatic carbocycles. The molecule has 1 saturated heterocycles. The summed E-state index contributed by atoms with van der Waals surface area (Å²) in [5, 5.41) is 9.21. The molecule has 0 aromatic carbocycles. The average molecular weight is 395 g/mol. The third kappa shape index (κ3) is 7.80. The molecule has 0 unspecified atom stereocenters. The third-order valence-corrected chi connectivity index (χ3v) is 6.19. The Morgan fingerprint density at radius 3 is 2.70 bits per heavy atom. The summed E-state index contributed by atoms with van der Waals surface area (Å²) in [5.74, 6) is 0.948. The largest absolute Gasteiger partial charge is 0.377 e. The van der Waals surface area contributed by atoms with Crippen molar-refractivity contribution in [1.82, 2.24) is 15.5 Å². The monoisotopic (exact) mass is 394 g/mol. The van der Waals surface area contributed by atoms with Crippen LogP contribution in [-0.4, -0.2) is 62.3 Å². The van der Waals surface area contributed by atoms with Crippen molar-refractivity contribution in [2.24, 2.45) is 4.99 Å². The van der Waals surface area contributed by atoms with Crippen molar-refractivity contribution in [2.75, 3.05) is 39.3 Å². The molecule has 5 nitrogen and oxygen atoms in total. The van der Waals surface area contributed by atoms with E-state index in [-0.39, 0.29) is 5.41 Å². The molecule has 0 saturated carbocycles. The normalized spacial score (nSPS) is 17.5. The Bertz CT molecular complexity index is 549. The molecular formula is C21H38N4OS. The van der Waals surface area contributed by atoms with Crippen LogP contribution < -0.4 is 10.6 Å². The number of likely N-dealkylation sites (tertiary alicyclic amines) is 1. The van der Waals surface area contributed by atoms with Crippen LogP contribution in [0.5, 0.6) is 0 Å². The molecule has 2 heterocycles. The van der Waals surface area contributed by atoms with E-state index in [1.165, 1.54) is 4.88 Å². The van der Waals surface area contributed by atoms with Gasteiger partial charge in [-0.15, -0.1) is 11.3 Å². The highest BCUT2D eigenvalue weighted by Gasteiger charge is 2.23. The van der Waals surface area contributed by atoms with Crippen LogP contribution in [0.25, 0.3) is 0 Å². The topological polar surface area (TPSA) is 48.9 Å². The van der Waals surface area contributed by atoms with Crippen LogP contribution in [-0.2, 0) is 10.2 Å². The Balaban J connectivity index is 1.80. The van der Waals surface area contributed by atoms with Gasteiger partial charge in [0.2, 0.25) is 0 Å². The number of nitrogens with zero attached hydrogens (tertiary/aromatic N) is 2. The van der Waals surface area contributed by atoms with Crippen molar-refractivity contribution in [3.63, 3.8) is 0 Å². The second-order valence-electron chi connectivity index (χ2n) is 8.24. The molecule has 2 N–H and O–H groups in total. The molecule has 1 fully saturated rings. The van der Waals surface area contributed by atoms with Crippen molar-refractivity contribution in [3.05, 3.63) is 22.4 Å². The molecule has 1 aromatic rings. The predicted molar refractivity (Wildman–Crippen MR) is 117 cm³/mol. The van der Waals surface area contributed by atoms with Crippen molar-refractivity contribution in [1.29, 1.82) is 0 Å². The number of ether oxygens (including phenoxy) is 1. The molecule has 0 amide bonds. The van der Waals surface area contributed by atoms with E-state index in [1.54, 1.807) is 0 Å². The highest BCUT2D eigenvalue weighted by molar-refractivity contribution is 7.10. The second-order valence-corrected chi connectivity index (χ2v) is 9.18. The van der Waals surface area contributed by atoms with Crippen LogP contribution in [0, 0.1) is 0 Å². The van der Waals surface area contributed by atoms with E-state index in [4.69, 9.17) is 9.73 Å². The summed E-state index contributed by atoms with van der Waals surface area (Å²) in [6.07, 6.45) is 2.63. The fourth-order valence-electron chi connectivity index (χ4n) is 3.25. The maximum atomic E-state index is 5.68. The Labute approximate surface area is 169 Å². The zero-order valence-corrected chi connectivity index (χ0v) is 18.6. The number of nitrogens with one attached hydrogen (secondary N) is 2. The van der Waals surface area contributed by atoms with E-state index in [0.29, 0.717) is 12.1 Å². The quantitative estimate of drug-likeness (QED) is 0.497. The van der Waals surface area contributed by atoms with Gasteiger partial charge in [-0.05, 0) is 45.1 Å². The summed E-state index contributed by atoms with van der Waals surface area (Å²) in [4.78, 5) is 8.78. The van der Waals surface area contributed by atoms with Crippen LogP contribution in [0.4, 0.5) is 0 Å². The maximum Gasteiger partial charge on any atom is 0.191 e. The van der Waals surface area contributed by atoms with Gasteiger partial charge in [0.15, 0.2) is 5.96 Å². The molecule has 0 spiro atoms. The van der Waals surface area contributed by atoms with Crippen molar-refractivity contribution in [2.45, 2.75) is 65.0 Å². The first-order chi connectivity index (χ1) is 12.9. The molecule has 0 bridgehead atoms. The number of thiophene rings is 1. The zero-order valence-electron chi connectivity index (χ0n) is 17.8. The van der Waals surface area contributed by atoms with E-state index in [0.717, 1.165) is 58.1 Å². The smallest absolute Gasteiger partial charge is 0.191 e. The first kappa shape index (κ1) is 22.2. The first-order valence-corrected chi connectivity index (χ1v) is 11.2. The van der Waals surface area contributed by atoms with Gasteiger partial charge in [0.1, 0.15) is 0 Å². The fraction of sp³-hybridized carbons (Fsp3) is 0.762. The van der Waals surface area contributed by atoms with Gasteiger partial charge in [-0.1, -0.05) is 19.9 Å². The number of hydrogen-bond acceptors (Lipinski definition) is 4. The molecule has 0 radical (unpaired) electrons. The number of hydrogen-bond donors (Lipinski definition) is 2. The minimum Gasteiger partial charge on any atom is -0.377 e. The molecule has 27 heavy (non-hydrogen) atoms. The van der Waals surface area contributed by atoms with Crippen LogP contribution >= 0.6 is 11.3 Å². The lowest BCUT2D eigenvalue weighted by molar-refractivity contribution is 0.0532. The Kier molecular flexibility index (Phi) is 9.06. The fourth-order valence-corrected chi connectivity index (χ4v) is 4.09. The average Bonchev–Trinajstić information content (AvgIpc) is 3.17. The lowest BCUT2D eigenvalue weighted by Crippen LogP contribution is -2.49. The lowest BCUT2D eigenvalue weighted by Gasteiger charge is -2.33. The van der Waals surface area contributed by atoms with Gasteiger partial charge in [0, 0.05) is 42.5 Å². The van der Waals surface area contributed by atoms with Crippen molar-refractivity contribution >= 4 is 17.3 Å². The number of piperidine rings is 1. The van der Waals surface area contributed by atoms with Gasteiger partial charge in [0.25, 0.3) is 0 Å². The molecule has 1 aliphatic rings. The van der Waals surface area contributed by atoms with E-state index in [2.05, 4.69) is 67.7 Å². The summed E-state index contributed by atoms with van der Waals surface area (Å²) in [5.41, 5.74) is 0.0658. The van der Waals surface area contributed by atoms with Crippen LogP contribution in [0.15, 0.2) is 22.5 Å². The summed E-state index contributed by atoms with van der Waals surface area (Å²) in [7, 11) is 0. The summed E-state index contributed by atoms with van der Waals surface area (Å²) >= 11 is 1.81. The zero-order chi connectivity index (χ0) is 19.7. The predicted octanol–water partition coefficient (Wildman–Crippen LogP) is 3.47. The first-order valence-electron chi connectivity index (χ1n) is 10.3. The maximum absolute atomic E-state index is 5.68. The highest BCUT2D eigenvalue weighted by Crippen LogP contribution is 2.27. The molecule has 2 rings (SSSR count). The van der Waals surface area contributed by atoms with Crippen LogP contribution in [0.1, 0.15) is 52.3 Å². The Morgan fingerprint density at radius 1 is 1.37 bits per heavy atom. The summed E-state index contributed by atoms with van der Waals surface area (Å²) in [6, 6.07) is 4.82. The molecule has 154 valence electrons. The standard InChI is InChI=1S/C21H38N4OS/c1-6-22-20(23-16-21(4,5)19-8-7-15-27-19)24-18-9-11-25(12-10-18)13-14-26-17(2)3/h7-8,15,17-18H,6,9-14,16H2,1-5H3,(H2,22,23,24). The Hall–Kier alpha value is -1.11. The molecule has 1 aliphatic heterocycles. The SMILES string of the molecule is CCNC(=NCC(C)(C)c1cccs1)NC1CCN(CCOC(C)C)CC1. The Morgan fingerprint density at radius 2 is 2.11 bits per heavy atom. The molecule has 6 heteroatoms. The van der Waals surface area contributed by atoms with Gasteiger partial charge in [-0.3, -0.25) is 4.99 Å². The van der Waals surface area contributed by atoms with Crippen molar-refractivity contribution < 1.29 is 4.74 Å².